The zero-order valence-corrected chi connectivity index (χ0v) is 11.7. The molecule has 0 aliphatic carbocycles. The van der Waals surface area contributed by atoms with Gasteiger partial charge in [0.2, 0.25) is 0 Å². The fourth-order valence-corrected chi connectivity index (χ4v) is 2.67. The largest absolute Gasteiger partial charge is 0.293 e. The minimum Gasteiger partial charge on any atom is -0.293 e. The second-order valence-corrected chi connectivity index (χ2v) is 5.60. The quantitative estimate of drug-likeness (QED) is 0.779. The lowest BCUT2D eigenvalue weighted by molar-refractivity contribution is 0.0993. The van der Waals surface area contributed by atoms with Crippen LogP contribution in [0.3, 0.4) is 0 Å². The molecule has 0 fully saturated rings. The van der Waals surface area contributed by atoms with E-state index in [4.69, 9.17) is 0 Å². The van der Waals surface area contributed by atoms with Crippen LogP contribution in [0.2, 0.25) is 0 Å². The fraction of sp³-hybridized carbons (Fsp3) is 0.462. The van der Waals surface area contributed by atoms with Crippen molar-refractivity contribution in [3.8, 4) is 0 Å². The molecule has 5 heteroatoms. The van der Waals surface area contributed by atoms with Crippen molar-refractivity contribution < 1.29 is 4.79 Å². The van der Waals surface area contributed by atoms with E-state index in [9.17, 15) is 4.79 Å². The van der Waals surface area contributed by atoms with Crippen molar-refractivity contribution in [3.63, 3.8) is 0 Å². The minimum atomic E-state index is 0.120. The zero-order chi connectivity index (χ0) is 13.1. The van der Waals surface area contributed by atoms with Crippen molar-refractivity contribution in [3.05, 3.63) is 34.0 Å². The molecule has 2 aromatic rings. The summed E-state index contributed by atoms with van der Waals surface area (Å²) in [5.74, 6) is 0.857. The predicted molar refractivity (Wildman–Crippen MR) is 72.1 cm³/mol. The summed E-state index contributed by atoms with van der Waals surface area (Å²) in [6.07, 6.45) is 2.80. The van der Waals surface area contributed by atoms with Crippen molar-refractivity contribution in [1.29, 1.82) is 0 Å². The van der Waals surface area contributed by atoms with Gasteiger partial charge in [-0.2, -0.15) is 5.10 Å². The molecule has 0 saturated heterocycles. The van der Waals surface area contributed by atoms with Crippen LogP contribution in [0, 0.1) is 0 Å². The molecule has 0 aliphatic rings. The first-order valence-electron chi connectivity index (χ1n) is 6.12. The lowest BCUT2D eigenvalue weighted by atomic mass is 10.2. The molecule has 0 saturated carbocycles. The Hall–Kier alpha value is -1.49. The summed E-state index contributed by atoms with van der Waals surface area (Å²) in [6, 6.07) is 4.15. The summed E-state index contributed by atoms with van der Waals surface area (Å²) in [4.78, 5) is 18.4. The zero-order valence-electron chi connectivity index (χ0n) is 10.9. The molecule has 0 aromatic carbocycles. The van der Waals surface area contributed by atoms with E-state index in [-0.39, 0.29) is 11.8 Å². The van der Waals surface area contributed by atoms with Crippen LogP contribution in [-0.4, -0.2) is 20.5 Å². The average molecular weight is 263 g/mol. The van der Waals surface area contributed by atoms with Crippen LogP contribution >= 0.6 is 11.3 Å². The lowest BCUT2D eigenvalue weighted by Gasteiger charge is -2.08. The molecule has 18 heavy (non-hydrogen) atoms. The molecule has 0 N–H and O–H groups in total. The van der Waals surface area contributed by atoms with Gasteiger partial charge in [-0.25, -0.2) is 9.67 Å². The first kappa shape index (κ1) is 13.0. The van der Waals surface area contributed by atoms with Crippen LogP contribution in [0.15, 0.2) is 18.5 Å². The molecule has 0 amide bonds. The van der Waals surface area contributed by atoms with Gasteiger partial charge in [0.1, 0.15) is 12.2 Å². The van der Waals surface area contributed by atoms with E-state index in [2.05, 4.69) is 17.0 Å². The number of aromatic nitrogens is 3. The number of thiophene rings is 1. The third-order valence-corrected chi connectivity index (χ3v) is 4.01. The van der Waals surface area contributed by atoms with Crippen molar-refractivity contribution in [1.82, 2.24) is 14.8 Å². The third-order valence-electron chi connectivity index (χ3n) is 2.74. The molecule has 4 nitrogen and oxygen atoms in total. The van der Waals surface area contributed by atoms with Gasteiger partial charge in [-0.15, -0.1) is 11.3 Å². The predicted octanol–water partition coefficient (Wildman–Crippen LogP) is 2.91. The van der Waals surface area contributed by atoms with E-state index < -0.39 is 0 Å². The smallest absolute Gasteiger partial charge is 0.180 e. The van der Waals surface area contributed by atoms with Crippen LogP contribution in [0.5, 0.6) is 0 Å². The number of nitrogens with zero attached hydrogens (tertiary/aromatic N) is 3. The normalized spacial score (nSPS) is 11.1. The molecule has 2 heterocycles. The number of ketones is 1. The van der Waals surface area contributed by atoms with Gasteiger partial charge in [0.15, 0.2) is 5.78 Å². The maximum Gasteiger partial charge on any atom is 0.180 e. The van der Waals surface area contributed by atoms with Gasteiger partial charge < -0.3 is 0 Å². The molecule has 0 radical (unpaired) electrons. The van der Waals surface area contributed by atoms with Gasteiger partial charge in [0, 0.05) is 10.9 Å². The molecule has 0 aliphatic heterocycles. The first-order chi connectivity index (χ1) is 8.61. The summed E-state index contributed by atoms with van der Waals surface area (Å²) in [5.41, 5.74) is 0. The highest BCUT2D eigenvalue weighted by Crippen LogP contribution is 2.19. The topological polar surface area (TPSA) is 47.8 Å². The van der Waals surface area contributed by atoms with Gasteiger partial charge in [0.25, 0.3) is 0 Å². The Kier molecular flexibility index (Phi) is 3.91. The van der Waals surface area contributed by atoms with Gasteiger partial charge >= 0.3 is 0 Å². The summed E-state index contributed by atoms with van der Waals surface area (Å²) < 4.78 is 1.80. The Morgan fingerprint density at radius 3 is 2.83 bits per heavy atom. The molecule has 0 unspecified atom stereocenters. The Morgan fingerprint density at radius 2 is 2.22 bits per heavy atom. The van der Waals surface area contributed by atoms with Crippen LogP contribution in [0.25, 0.3) is 0 Å². The maximum atomic E-state index is 12.1. The lowest BCUT2D eigenvalue weighted by Crippen LogP contribution is -2.12. The second-order valence-electron chi connectivity index (χ2n) is 4.43. The van der Waals surface area contributed by atoms with Crippen LogP contribution in [-0.2, 0) is 12.8 Å². The van der Waals surface area contributed by atoms with Gasteiger partial charge in [0.05, 0.1) is 11.3 Å². The molecule has 2 rings (SSSR count). The average Bonchev–Trinajstić information content (AvgIpc) is 2.96. The Bertz CT molecular complexity index is 542. The molecule has 0 bridgehead atoms. The van der Waals surface area contributed by atoms with E-state index >= 15 is 0 Å². The van der Waals surface area contributed by atoms with Gasteiger partial charge in [-0.05, 0) is 32.4 Å². The van der Waals surface area contributed by atoms with Crippen molar-refractivity contribution in [2.24, 2.45) is 0 Å². The summed E-state index contributed by atoms with van der Waals surface area (Å²) >= 11 is 1.57. The monoisotopic (exact) mass is 263 g/mol. The van der Waals surface area contributed by atoms with E-state index in [1.807, 2.05) is 26.0 Å². The van der Waals surface area contributed by atoms with Crippen LogP contribution in [0.4, 0.5) is 0 Å². The number of aryl methyl sites for hydroxylation is 1. The molecular weight excluding hydrogens is 246 g/mol. The first-order valence-corrected chi connectivity index (χ1v) is 6.93. The van der Waals surface area contributed by atoms with E-state index in [1.54, 1.807) is 16.0 Å². The molecule has 0 atom stereocenters. The van der Waals surface area contributed by atoms with E-state index in [0.29, 0.717) is 6.42 Å². The summed E-state index contributed by atoms with van der Waals surface area (Å²) in [5, 5.41) is 4.14. The number of rotatable bonds is 5. The standard InChI is InChI=1S/C13H17N3OS/c1-4-10-5-6-12(18-10)11(17)7-13-14-8-15-16(13)9(2)3/h5-6,8-9H,4,7H2,1-3H3. The van der Waals surface area contributed by atoms with Crippen molar-refractivity contribution in [2.75, 3.05) is 0 Å². The van der Waals surface area contributed by atoms with Crippen LogP contribution in [0.1, 0.15) is 47.2 Å². The minimum absolute atomic E-state index is 0.120. The molecule has 2 aromatic heterocycles. The number of Topliss-reactive ketones (excluding diaryl/α,β-unsaturated/α-hetero) is 1. The van der Waals surface area contributed by atoms with Crippen LogP contribution < -0.4 is 0 Å². The van der Waals surface area contributed by atoms with Crippen molar-refractivity contribution >= 4 is 17.1 Å². The molecule has 96 valence electrons. The second kappa shape index (κ2) is 5.44. The highest BCUT2D eigenvalue weighted by Gasteiger charge is 2.15. The fourth-order valence-electron chi connectivity index (χ4n) is 1.78. The third kappa shape index (κ3) is 2.67. The number of carbonyl (C=O) groups is 1. The highest BCUT2D eigenvalue weighted by atomic mass is 32.1. The Labute approximate surface area is 111 Å². The SMILES string of the molecule is CCc1ccc(C(=O)Cc2ncnn2C(C)C)s1. The maximum absolute atomic E-state index is 12.1. The molecular formula is C13H17N3OS. The summed E-state index contributed by atoms with van der Waals surface area (Å²) in [7, 11) is 0. The Morgan fingerprint density at radius 1 is 1.44 bits per heavy atom. The molecule has 0 spiro atoms. The van der Waals surface area contributed by atoms with E-state index in [1.165, 1.54) is 11.2 Å². The van der Waals surface area contributed by atoms with E-state index in [0.717, 1.165) is 17.1 Å². The van der Waals surface area contributed by atoms with Gasteiger partial charge in [-0.1, -0.05) is 6.92 Å². The summed E-state index contributed by atoms with van der Waals surface area (Å²) in [6.45, 7) is 6.15. The number of hydrogen-bond donors (Lipinski definition) is 0. The Balaban J connectivity index is 2.13. The highest BCUT2D eigenvalue weighted by molar-refractivity contribution is 7.14. The van der Waals surface area contributed by atoms with Crippen molar-refractivity contribution in [2.45, 2.75) is 39.7 Å². The number of hydrogen-bond acceptors (Lipinski definition) is 4. The van der Waals surface area contributed by atoms with Gasteiger partial charge in [-0.3, -0.25) is 4.79 Å². The number of carbonyl (C=O) groups excluding carboxylic acids is 1.